The lowest BCUT2D eigenvalue weighted by atomic mass is 10.1. The van der Waals surface area contributed by atoms with Crippen LogP contribution < -0.4 is 15.8 Å². The van der Waals surface area contributed by atoms with E-state index in [2.05, 4.69) is 27.3 Å². The Hall–Kier alpha value is -1.07. The Bertz CT molecular complexity index is 477. The largest absolute Gasteiger partial charge is 0.493 e. The van der Waals surface area contributed by atoms with Gasteiger partial charge in [-0.05, 0) is 30.7 Å². The SMILES string of the molecule is CC(CCN)C(=O)NCc1cc(Br)cc2c1OCC2. The number of ether oxygens (including phenoxy) is 1. The van der Waals surface area contributed by atoms with Crippen molar-refractivity contribution in [3.63, 3.8) is 0 Å². The maximum absolute atomic E-state index is 11.9. The zero-order valence-corrected chi connectivity index (χ0v) is 12.6. The molecule has 1 aliphatic rings. The van der Waals surface area contributed by atoms with Crippen LogP contribution in [0, 0.1) is 5.92 Å². The number of halogens is 1. The summed E-state index contributed by atoms with van der Waals surface area (Å²) in [4.78, 5) is 11.9. The first-order valence-electron chi connectivity index (χ1n) is 6.53. The quantitative estimate of drug-likeness (QED) is 0.869. The predicted molar refractivity (Wildman–Crippen MR) is 78.0 cm³/mol. The lowest BCUT2D eigenvalue weighted by Gasteiger charge is -2.13. The molecular formula is C14H19BrN2O2. The highest BCUT2D eigenvalue weighted by Gasteiger charge is 2.18. The van der Waals surface area contributed by atoms with Gasteiger partial charge >= 0.3 is 0 Å². The molecule has 1 aromatic carbocycles. The van der Waals surface area contributed by atoms with E-state index in [1.165, 1.54) is 5.56 Å². The molecule has 1 unspecified atom stereocenters. The van der Waals surface area contributed by atoms with Gasteiger partial charge in [-0.15, -0.1) is 0 Å². The van der Waals surface area contributed by atoms with Crippen molar-refractivity contribution in [2.45, 2.75) is 26.3 Å². The van der Waals surface area contributed by atoms with Crippen LogP contribution in [0.2, 0.25) is 0 Å². The molecule has 19 heavy (non-hydrogen) atoms. The van der Waals surface area contributed by atoms with Crippen LogP contribution >= 0.6 is 15.9 Å². The third kappa shape index (κ3) is 3.48. The third-order valence-electron chi connectivity index (χ3n) is 3.33. The standard InChI is InChI=1S/C14H19BrN2O2/c1-9(2-4-16)14(18)17-8-11-7-12(15)6-10-3-5-19-13(10)11/h6-7,9H,2-5,8,16H2,1H3,(H,17,18). The van der Waals surface area contributed by atoms with Crippen molar-refractivity contribution in [1.29, 1.82) is 0 Å². The van der Waals surface area contributed by atoms with Crippen LogP contribution in [0.4, 0.5) is 0 Å². The molecule has 1 heterocycles. The molecule has 1 atom stereocenters. The molecule has 0 spiro atoms. The summed E-state index contributed by atoms with van der Waals surface area (Å²) in [5.74, 6) is 0.915. The number of carbonyl (C=O) groups excluding carboxylic acids is 1. The van der Waals surface area contributed by atoms with Gasteiger partial charge in [0.1, 0.15) is 5.75 Å². The van der Waals surface area contributed by atoms with E-state index in [1.807, 2.05) is 13.0 Å². The van der Waals surface area contributed by atoms with Gasteiger partial charge < -0.3 is 15.8 Å². The second kappa shape index (κ2) is 6.39. The lowest BCUT2D eigenvalue weighted by Crippen LogP contribution is -2.30. The number of carbonyl (C=O) groups is 1. The van der Waals surface area contributed by atoms with Gasteiger partial charge in [0.2, 0.25) is 5.91 Å². The predicted octanol–water partition coefficient (Wildman–Crippen LogP) is 1.99. The van der Waals surface area contributed by atoms with Crippen molar-refractivity contribution in [2.75, 3.05) is 13.2 Å². The first-order valence-corrected chi connectivity index (χ1v) is 7.33. The minimum absolute atomic E-state index is 0.0390. The van der Waals surface area contributed by atoms with Crippen molar-refractivity contribution < 1.29 is 9.53 Å². The number of nitrogens with two attached hydrogens (primary N) is 1. The Morgan fingerprint density at radius 2 is 2.37 bits per heavy atom. The second-order valence-corrected chi connectivity index (χ2v) is 5.76. The highest BCUT2D eigenvalue weighted by Crippen LogP contribution is 2.32. The molecule has 0 aliphatic carbocycles. The summed E-state index contributed by atoms with van der Waals surface area (Å²) in [6.45, 7) is 3.64. The Balaban J connectivity index is 2.02. The fraction of sp³-hybridized carbons (Fsp3) is 0.500. The lowest BCUT2D eigenvalue weighted by molar-refractivity contribution is -0.124. The monoisotopic (exact) mass is 326 g/mol. The summed E-state index contributed by atoms with van der Waals surface area (Å²) in [5, 5.41) is 2.95. The molecule has 0 radical (unpaired) electrons. The van der Waals surface area contributed by atoms with Crippen LogP contribution in [0.5, 0.6) is 5.75 Å². The van der Waals surface area contributed by atoms with E-state index in [-0.39, 0.29) is 11.8 Å². The summed E-state index contributed by atoms with van der Waals surface area (Å²) < 4.78 is 6.66. The van der Waals surface area contributed by atoms with Crippen molar-refractivity contribution in [2.24, 2.45) is 11.7 Å². The molecule has 1 aliphatic heterocycles. The molecule has 0 saturated heterocycles. The van der Waals surface area contributed by atoms with E-state index in [0.717, 1.165) is 28.8 Å². The summed E-state index contributed by atoms with van der Waals surface area (Å²) in [6.07, 6.45) is 1.64. The van der Waals surface area contributed by atoms with Crippen molar-refractivity contribution >= 4 is 21.8 Å². The van der Waals surface area contributed by atoms with Gasteiger partial charge in [-0.25, -0.2) is 0 Å². The molecule has 4 nitrogen and oxygen atoms in total. The van der Waals surface area contributed by atoms with E-state index < -0.39 is 0 Å². The highest BCUT2D eigenvalue weighted by molar-refractivity contribution is 9.10. The first kappa shape index (κ1) is 14.3. The molecule has 1 amide bonds. The van der Waals surface area contributed by atoms with Crippen LogP contribution in [0.15, 0.2) is 16.6 Å². The normalized spacial score (nSPS) is 14.7. The maximum Gasteiger partial charge on any atom is 0.223 e. The van der Waals surface area contributed by atoms with Crippen LogP contribution in [0.25, 0.3) is 0 Å². The fourth-order valence-electron chi connectivity index (χ4n) is 2.22. The van der Waals surface area contributed by atoms with Gasteiger partial charge in [-0.2, -0.15) is 0 Å². The summed E-state index contributed by atoms with van der Waals surface area (Å²) >= 11 is 3.49. The van der Waals surface area contributed by atoms with E-state index in [0.29, 0.717) is 19.5 Å². The molecule has 0 bridgehead atoms. The van der Waals surface area contributed by atoms with Gasteiger partial charge in [0.05, 0.1) is 6.61 Å². The topological polar surface area (TPSA) is 64.4 Å². The number of fused-ring (bicyclic) bond motifs is 1. The second-order valence-electron chi connectivity index (χ2n) is 4.85. The van der Waals surface area contributed by atoms with Crippen molar-refractivity contribution in [3.8, 4) is 5.75 Å². The van der Waals surface area contributed by atoms with Crippen molar-refractivity contribution in [3.05, 3.63) is 27.7 Å². The van der Waals surface area contributed by atoms with Crippen LogP contribution in [0.3, 0.4) is 0 Å². The van der Waals surface area contributed by atoms with Gasteiger partial charge in [0.15, 0.2) is 0 Å². The maximum atomic E-state index is 11.9. The number of amides is 1. The van der Waals surface area contributed by atoms with Gasteiger partial charge in [-0.1, -0.05) is 22.9 Å². The Morgan fingerprint density at radius 1 is 1.58 bits per heavy atom. The third-order valence-corrected chi connectivity index (χ3v) is 3.78. The van der Waals surface area contributed by atoms with E-state index in [9.17, 15) is 4.79 Å². The average Bonchev–Trinajstić information content (AvgIpc) is 2.83. The van der Waals surface area contributed by atoms with Gasteiger partial charge in [0.25, 0.3) is 0 Å². The Labute approximate surface area is 121 Å². The number of benzene rings is 1. The van der Waals surface area contributed by atoms with Crippen molar-refractivity contribution in [1.82, 2.24) is 5.32 Å². The van der Waals surface area contributed by atoms with E-state index >= 15 is 0 Å². The van der Waals surface area contributed by atoms with Crippen LogP contribution in [-0.4, -0.2) is 19.1 Å². The zero-order valence-electron chi connectivity index (χ0n) is 11.0. The molecular weight excluding hydrogens is 308 g/mol. The number of nitrogens with one attached hydrogen (secondary N) is 1. The van der Waals surface area contributed by atoms with Crippen LogP contribution in [0.1, 0.15) is 24.5 Å². The van der Waals surface area contributed by atoms with E-state index in [4.69, 9.17) is 10.5 Å². The fourth-order valence-corrected chi connectivity index (χ4v) is 2.77. The highest BCUT2D eigenvalue weighted by atomic mass is 79.9. The molecule has 0 aromatic heterocycles. The molecule has 3 N–H and O–H groups in total. The Kier molecular flexibility index (Phi) is 4.82. The van der Waals surface area contributed by atoms with Gasteiger partial charge in [-0.3, -0.25) is 4.79 Å². The number of hydrogen-bond donors (Lipinski definition) is 2. The molecule has 1 aromatic rings. The van der Waals surface area contributed by atoms with Gasteiger partial charge in [0, 0.05) is 28.9 Å². The number of rotatable bonds is 5. The zero-order chi connectivity index (χ0) is 13.8. The minimum atomic E-state index is -0.0499. The average molecular weight is 327 g/mol. The summed E-state index contributed by atoms with van der Waals surface area (Å²) in [6, 6.07) is 4.07. The molecule has 104 valence electrons. The molecule has 5 heteroatoms. The molecule has 0 fully saturated rings. The first-order chi connectivity index (χ1) is 9.11. The molecule has 0 saturated carbocycles. The summed E-state index contributed by atoms with van der Waals surface area (Å²) in [7, 11) is 0. The smallest absolute Gasteiger partial charge is 0.223 e. The molecule has 2 rings (SSSR count). The Morgan fingerprint density at radius 3 is 3.11 bits per heavy atom. The minimum Gasteiger partial charge on any atom is -0.493 e. The number of hydrogen-bond acceptors (Lipinski definition) is 3. The van der Waals surface area contributed by atoms with Crippen LogP contribution in [-0.2, 0) is 17.8 Å². The summed E-state index contributed by atoms with van der Waals surface area (Å²) in [5.41, 5.74) is 7.69. The van der Waals surface area contributed by atoms with E-state index in [1.54, 1.807) is 0 Å².